The summed E-state index contributed by atoms with van der Waals surface area (Å²) in [6, 6.07) is 1.30. The molecule has 0 fully saturated rings. The lowest BCUT2D eigenvalue weighted by molar-refractivity contribution is 0.0123. The molecule has 0 bridgehead atoms. The zero-order chi connectivity index (χ0) is 13.0. The summed E-state index contributed by atoms with van der Waals surface area (Å²) < 4.78 is 25.9. The van der Waals surface area contributed by atoms with Gasteiger partial charge in [0.2, 0.25) is 0 Å². The van der Waals surface area contributed by atoms with Crippen LogP contribution in [0.5, 0.6) is 5.75 Å². The zero-order valence-corrected chi connectivity index (χ0v) is 9.32. The first kappa shape index (κ1) is 13.8. The fourth-order valence-corrected chi connectivity index (χ4v) is 1.47. The molecule has 0 aliphatic rings. The van der Waals surface area contributed by atoms with Gasteiger partial charge >= 0.3 is 0 Å². The maximum atomic E-state index is 13.0. The third-order valence-electron chi connectivity index (χ3n) is 2.43. The number of aliphatic hydroxyl groups excluding tert-OH is 2. The Hall–Kier alpha value is -1.24. The molecular formula is C11H15F2NO3. The molecule has 1 aromatic rings. The normalized spacial score (nSPS) is 14.6. The van der Waals surface area contributed by atoms with Gasteiger partial charge in [-0.15, -0.1) is 0 Å². The monoisotopic (exact) mass is 247 g/mol. The topological polar surface area (TPSA) is 72.7 Å². The van der Waals surface area contributed by atoms with Gasteiger partial charge in [-0.2, -0.15) is 0 Å². The fraction of sp³-hybridized carbons (Fsp3) is 0.455. The van der Waals surface area contributed by atoms with E-state index in [9.17, 15) is 24.1 Å². The molecule has 4 N–H and O–H groups in total. The third kappa shape index (κ3) is 3.36. The van der Waals surface area contributed by atoms with Crippen LogP contribution < -0.4 is 5.32 Å². The molecule has 96 valence electrons. The SMILES string of the molecule is CNCCC(O)C(O)c1cc(F)cc(F)c1O. The molecule has 0 aliphatic carbocycles. The molecule has 0 saturated carbocycles. The molecule has 17 heavy (non-hydrogen) atoms. The Morgan fingerprint density at radius 3 is 2.53 bits per heavy atom. The highest BCUT2D eigenvalue weighted by Crippen LogP contribution is 2.30. The van der Waals surface area contributed by atoms with Crippen LogP contribution in [0.1, 0.15) is 18.1 Å². The average molecular weight is 247 g/mol. The van der Waals surface area contributed by atoms with Crippen molar-refractivity contribution in [2.24, 2.45) is 0 Å². The van der Waals surface area contributed by atoms with Crippen molar-refractivity contribution in [3.63, 3.8) is 0 Å². The van der Waals surface area contributed by atoms with E-state index in [2.05, 4.69) is 5.32 Å². The Bertz CT molecular complexity index is 387. The van der Waals surface area contributed by atoms with Crippen LogP contribution in [0.3, 0.4) is 0 Å². The van der Waals surface area contributed by atoms with Crippen molar-refractivity contribution < 1.29 is 24.1 Å². The Balaban J connectivity index is 2.91. The minimum absolute atomic E-state index is 0.190. The highest BCUT2D eigenvalue weighted by atomic mass is 19.1. The van der Waals surface area contributed by atoms with Crippen LogP contribution in [0.15, 0.2) is 12.1 Å². The van der Waals surface area contributed by atoms with E-state index in [1.165, 1.54) is 0 Å². The van der Waals surface area contributed by atoms with Gasteiger partial charge in [0, 0.05) is 11.6 Å². The van der Waals surface area contributed by atoms with E-state index < -0.39 is 29.6 Å². The van der Waals surface area contributed by atoms with E-state index in [1.54, 1.807) is 7.05 Å². The van der Waals surface area contributed by atoms with Crippen LogP contribution in [0.4, 0.5) is 8.78 Å². The maximum absolute atomic E-state index is 13.0. The molecule has 1 rings (SSSR count). The lowest BCUT2D eigenvalue weighted by Crippen LogP contribution is -2.23. The molecule has 0 aliphatic heterocycles. The van der Waals surface area contributed by atoms with Crippen molar-refractivity contribution in [2.45, 2.75) is 18.6 Å². The summed E-state index contributed by atoms with van der Waals surface area (Å²) in [6.07, 6.45) is -2.56. The van der Waals surface area contributed by atoms with E-state index in [0.29, 0.717) is 12.6 Å². The number of hydrogen-bond acceptors (Lipinski definition) is 4. The number of rotatable bonds is 5. The summed E-state index contributed by atoms with van der Waals surface area (Å²) in [5.41, 5.74) is -0.355. The second-order valence-corrected chi connectivity index (χ2v) is 3.73. The molecule has 0 saturated heterocycles. The van der Waals surface area contributed by atoms with E-state index in [-0.39, 0.29) is 12.0 Å². The first-order valence-electron chi connectivity index (χ1n) is 5.16. The smallest absolute Gasteiger partial charge is 0.168 e. The maximum Gasteiger partial charge on any atom is 0.168 e. The average Bonchev–Trinajstić information content (AvgIpc) is 2.29. The Morgan fingerprint density at radius 2 is 1.94 bits per heavy atom. The number of phenols is 1. The van der Waals surface area contributed by atoms with Crippen LogP contribution >= 0.6 is 0 Å². The van der Waals surface area contributed by atoms with Crippen molar-refractivity contribution >= 4 is 0 Å². The molecule has 0 radical (unpaired) electrons. The van der Waals surface area contributed by atoms with Crippen molar-refractivity contribution in [2.75, 3.05) is 13.6 Å². The van der Waals surface area contributed by atoms with E-state index >= 15 is 0 Å². The molecule has 2 atom stereocenters. The standard InChI is InChI=1S/C11H15F2NO3/c1-14-3-2-9(15)11(17)7-4-6(12)5-8(13)10(7)16/h4-5,9,11,14-17H,2-3H2,1H3. The van der Waals surface area contributed by atoms with Crippen molar-refractivity contribution in [1.82, 2.24) is 5.32 Å². The fourth-order valence-electron chi connectivity index (χ4n) is 1.47. The van der Waals surface area contributed by atoms with Gasteiger partial charge in [-0.05, 0) is 26.1 Å². The summed E-state index contributed by atoms with van der Waals surface area (Å²) in [5, 5.41) is 31.3. The van der Waals surface area contributed by atoms with Gasteiger partial charge < -0.3 is 20.6 Å². The van der Waals surface area contributed by atoms with Gasteiger partial charge in [0.1, 0.15) is 11.9 Å². The number of benzene rings is 1. The van der Waals surface area contributed by atoms with Gasteiger partial charge in [0.05, 0.1) is 6.10 Å². The minimum Gasteiger partial charge on any atom is -0.505 e. The number of phenolic OH excluding ortho intramolecular Hbond substituents is 1. The molecule has 6 heteroatoms. The summed E-state index contributed by atoms with van der Waals surface area (Å²) in [4.78, 5) is 0. The number of aliphatic hydroxyl groups is 2. The van der Waals surface area contributed by atoms with E-state index in [0.717, 1.165) is 6.07 Å². The quantitative estimate of drug-likeness (QED) is 0.617. The van der Waals surface area contributed by atoms with Crippen molar-refractivity contribution in [3.8, 4) is 5.75 Å². The Morgan fingerprint density at radius 1 is 1.29 bits per heavy atom. The van der Waals surface area contributed by atoms with Crippen molar-refractivity contribution in [3.05, 3.63) is 29.3 Å². The second kappa shape index (κ2) is 5.90. The molecule has 4 nitrogen and oxygen atoms in total. The molecule has 2 unspecified atom stereocenters. The van der Waals surface area contributed by atoms with Gasteiger partial charge in [0.15, 0.2) is 11.6 Å². The molecule has 0 heterocycles. The van der Waals surface area contributed by atoms with Gasteiger partial charge in [0.25, 0.3) is 0 Å². The van der Waals surface area contributed by atoms with Crippen LogP contribution in [-0.4, -0.2) is 35.0 Å². The number of aromatic hydroxyl groups is 1. The molecule has 1 aromatic carbocycles. The number of hydrogen-bond donors (Lipinski definition) is 4. The zero-order valence-electron chi connectivity index (χ0n) is 9.32. The summed E-state index contributed by atoms with van der Waals surface area (Å²) in [7, 11) is 1.67. The predicted octanol–water partition coefficient (Wildman–Crippen LogP) is 0.674. The van der Waals surface area contributed by atoms with Gasteiger partial charge in [-0.25, -0.2) is 8.78 Å². The molecular weight excluding hydrogens is 232 g/mol. The second-order valence-electron chi connectivity index (χ2n) is 3.73. The first-order chi connectivity index (χ1) is 7.97. The molecule has 0 aromatic heterocycles. The molecule has 0 spiro atoms. The lowest BCUT2D eigenvalue weighted by atomic mass is 10.0. The Labute approximate surface area is 97.5 Å². The summed E-state index contributed by atoms with van der Waals surface area (Å²) in [5.74, 6) is -2.93. The first-order valence-corrected chi connectivity index (χ1v) is 5.16. The highest BCUT2D eigenvalue weighted by Gasteiger charge is 2.23. The highest BCUT2D eigenvalue weighted by molar-refractivity contribution is 5.36. The Kier molecular flexibility index (Phi) is 4.80. The summed E-state index contributed by atoms with van der Waals surface area (Å²) in [6.45, 7) is 0.427. The van der Waals surface area contributed by atoms with Crippen LogP contribution in [-0.2, 0) is 0 Å². The van der Waals surface area contributed by atoms with Crippen LogP contribution in [0.2, 0.25) is 0 Å². The predicted molar refractivity (Wildman–Crippen MR) is 57.5 cm³/mol. The van der Waals surface area contributed by atoms with Crippen LogP contribution in [0, 0.1) is 11.6 Å². The third-order valence-corrected chi connectivity index (χ3v) is 2.43. The number of nitrogens with one attached hydrogen (secondary N) is 1. The summed E-state index contributed by atoms with van der Waals surface area (Å²) >= 11 is 0. The lowest BCUT2D eigenvalue weighted by Gasteiger charge is -2.19. The van der Waals surface area contributed by atoms with Gasteiger partial charge in [-0.3, -0.25) is 0 Å². The van der Waals surface area contributed by atoms with Gasteiger partial charge in [-0.1, -0.05) is 0 Å². The minimum atomic E-state index is -1.53. The van der Waals surface area contributed by atoms with Crippen LogP contribution in [0.25, 0.3) is 0 Å². The number of halogens is 2. The van der Waals surface area contributed by atoms with E-state index in [1.807, 2.05) is 0 Å². The molecule has 0 amide bonds. The van der Waals surface area contributed by atoms with Crippen molar-refractivity contribution in [1.29, 1.82) is 0 Å². The van der Waals surface area contributed by atoms with E-state index in [4.69, 9.17) is 0 Å². The largest absolute Gasteiger partial charge is 0.505 e.